The Morgan fingerprint density at radius 3 is 2.57 bits per heavy atom. The maximum absolute atomic E-state index is 5.79. The van der Waals surface area contributed by atoms with Crippen molar-refractivity contribution in [2.45, 2.75) is 12.5 Å². The van der Waals surface area contributed by atoms with Gasteiger partial charge < -0.3 is 10.1 Å². The van der Waals surface area contributed by atoms with Crippen LogP contribution in [0.2, 0.25) is 0 Å². The molecule has 78 valence electrons. The van der Waals surface area contributed by atoms with Gasteiger partial charge in [0.1, 0.15) is 5.60 Å². The second kappa shape index (κ2) is 4.91. The number of benzene rings is 1. The molecular weight excluding hydrogens is 242 g/mol. The maximum atomic E-state index is 5.79. The van der Waals surface area contributed by atoms with E-state index in [1.165, 1.54) is 5.56 Å². The third-order valence-corrected chi connectivity index (χ3v) is 2.55. The molecule has 1 aliphatic rings. The number of hydrogen-bond donors (Lipinski definition) is 1. The average Bonchev–Trinajstić information content (AvgIpc) is 2.20. The zero-order valence-electron chi connectivity index (χ0n) is 8.32. The van der Waals surface area contributed by atoms with E-state index >= 15 is 0 Å². The number of morpholine rings is 1. The van der Waals surface area contributed by atoms with E-state index in [2.05, 4.69) is 36.5 Å². The first-order chi connectivity index (χ1) is 6.31. The number of nitrogens with one attached hydrogen (secondary N) is 1. The fourth-order valence-electron chi connectivity index (χ4n) is 1.70. The van der Waals surface area contributed by atoms with Crippen molar-refractivity contribution in [3.63, 3.8) is 0 Å². The van der Waals surface area contributed by atoms with Crippen LogP contribution in [0, 0.1) is 0 Å². The Morgan fingerprint density at radius 2 is 2.00 bits per heavy atom. The Morgan fingerprint density at radius 1 is 1.29 bits per heavy atom. The van der Waals surface area contributed by atoms with Gasteiger partial charge in [-0.2, -0.15) is 0 Å². The maximum Gasteiger partial charge on any atom is 0.103 e. The van der Waals surface area contributed by atoms with Gasteiger partial charge in [-0.05, 0) is 12.5 Å². The van der Waals surface area contributed by atoms with Gasteiger partial charge in [0.2, 0.25) is 0 Å². The second-order valence-corrected chi connectivity index (χ2v) is 3.62. The zero-order valence-corrected chi connectivity index (χ0v) is 10.0. The molecule has 1 atom stereocenters. The van der Waals surface area contributed by atoms with Crippen molar-refractivity contribution in [2.75, 3.05) is 19.7 Å². The molecule has 1 aromatic rings. The lowest BCUT2D eigenvalue weighted by Crippen LogP contribution is -2.45. The van der Waals surface area contributed by atoms with E-state index in [4.69, 9.17) is 4.74 Å². The molecule has 1 unspecified atom stereocenters. The first kappa shape index (κ1) is 11.7. The molecule has 14 heavy (non-hydrogen) atoms. The third-order valence-electron chi connectivity index (χ3n) is 2.55. The Labute approximate surface area is 95.4 Å². The van der Waals surface area contributed by atoms with Crippen molar-refractivity contribution in [1.29, 1.82) is 0 Å². The normalized spacial score (nSPS) is 26.6. The van der Waals surface area contributed by atoms with E-state index in [0.29, 0.717) is 0 Å². The lowest BCUT2D eigenvalue weighted by atomic mass is 9.95. The molecule has 3 heteroatoms. The van der Waals surface area contributed by atoms with Gasteiger partial charge in [0.05, 0.1) is 6.61 Å². The molecule has 1 heterocycles. The fourth-order valence-corrected chi connectivity index (χ4v) is 1.70. The fraction of sp³-hybridized carbons (Fsp3) is 0.455. The molecule has 1 saturated heterocycles. The van der Waals surface area contributed by atoms with Crippen molar-refractivity contribution in [3.05, 3.63) is 35.9 Å². The smallest absolute Gasteiger partial charge is 0.103 e. The molecule has 0 amide bonds. The standard InChI is InChI=1S/C11H15NO.BrH/c1-11(9-12-7-8-13-11)10-5-3-2-4-6-10;/h2-6,12H,7-9H2,1H3;1H. The third kappa shape index (κ3) is 2.35. The summed E-state index contributed by atoms with van der Waals surface area (Å²) in [6, 6.07) is 10.4. The van der Waals surface area contributed by atoms with E-state index in [1.807, 2.05) is 6.07 Å². The molecule has 0 aliphatic carbocycles. The van der Waals surface area contributed by atoms with Crippen LogP contribution in [0.25, 0.3) is 0 Å². The van der Waals surface area contributed by atoms with E-state index < -0.39 is 0 Å². The molecule has 0 radical (unpaired) electrons. The van der Waals surface area contributed by atoms with Crippen LogP contribution >= 0.6 is 17.0 Å². The van der Waals surface area contributed by atoms with E-state index in [1.54, 1.807) is 0 Å². The van der Waals surface area contributed by atoms with Crippen LogP contribution in [0.1, 0.15) is 12.5 Å². The van der Waals surface area contributed by atoms with Gasteiger partial charge in [-0.3, -0.25) is 0 Å². The summed E-state index contributed by atoms with van der Waals surface area (Å²) in [4.78, 5) is 0. The van der Waals surface area contributed by atoms with Crippen molar-refractivity contribution in [1.82, 2.24) is 5.32 Å². The van der Waals surface area contributed by atoms with Crippen LogP contribution in [0.5, 0.6) is 0 Å². The van der Waals surface area contributed by atoms with Crippen LogP contribution < -0.4 is 5.32 Å². The highest BCUT2D eigenvalue weighted by Gasteiger charge is 2.29. The molecule has 2 rings (SSSR count). The Bertz CT molecular complexity index is 270. The number of ether oxygens (including phenoxy) is 1. The highest BCUT2D eigenvalue weighted by molar-refractivity contribution is 8.93. The van der Waals surface area contributed by atoms with E-state index in [-0.39, 0.29) is 22.6 Å². The lowest BCUT2D eigenvalue weighted by molar-refractivity contribution is -0.0572. The Hall–Kier alpha value is -0.380. The Kier molecular flexibility index (Phi) is 4.11. The number of rotatable bonds is 1. The second-order valence-electron chi connectivity index (χ2n) is 3.62. The van der Waals surface area contributed by atoms with Gasteiger partial charge in [0.25, 0.3) is 0 Å². The summed E-state index contributed by atoms with van der Waals surface area (Å²) < 4.78 is 5.79. The summed E-state index contributed by atoms with van der Waals surface area (Å²) in [5.41, 5.74) is 1.11. The predicted molar refractivity (Wildman–Crippen MR) is 62.9 cm³/mol. The van der Waals surface area contributed by atoms with Crippen molar-refractivity contribution >= 4 is 17.0 Å². The van der Waals surface area contributed by atoms with Crippen LogP contribution in [0.4, 0.5) is 0 Å². The molecule has 2 nitrogen and oxygen atoms in total. The van der Waals surface area contributed by atoms with Crippen LogP contribution in [-0.4, -0.2) is 19.7 Å². The van der Waals surface area contributed by atoms with Crippen molar-refractivity contribution in [3.8, 4) is 0 Å². The first-order valence-electron chi connectivity index (χ1n) is 4.71. The van der Waals surface area contributed by atoms with E-state index in [0.717, 1.165) is 19.7 Å². The topological polar surface area (TPSA) is 21.3 Å². The van der Waals surface area contributed by atoms with Gasteiger partial charge in [-0.15, -0.1) is 17.0 Å². The van der Waals surface area contributed by atoms with E-state index in [9.17, 15) is 0 Å². The largest absolute Gasteiger partial charge is 0.368 e. The lowest BCUT2D eigenvalue weighted by Gasteiger charge is -2.34. The minimum absolute atomic E-state index is 0. The molecule has 1 aromatic carbocycles. The summed E-state index contributed by atoms with van der Waals surface area (Å²) in [6.45, 7) is 4.79. The predicted octanol–water partition coefficient (Wildman–Crippen LogP) is 2.10. The quantitative estimate of drug-likeness (QED) is 0.832. The van der Waals surface area contributed by atoms with Gasteiger partial charge >= 0.3 is 0 Å². The highest BCUT2D eigenvalue weighted by Crippen LogP contribution is 2.25. The number of halogens is 1. The van der Waals surface area contributed by atoms with Crippen LogP contribution in [-0.2, 0) is 10.3 Å². The van der Waals surface area contributed by atoms with Gasteiger partial charge in [0, 0.05) is 13.1 Å². The van der Waals surface area contributed by atoms with Crippen LogP contribution in [0.3, 0.4) is 0 Å². The summed E-state index contributed by atoms with van der Waals surface area (Å²) in [7, 11) is 0. The molecule has 1 aliphatic heterocycles. The minimum atomic E-state index is -0.139. The van der Waals surface area contributed by atoms with Crippen LogP contribution in [0.15, 0.2) is 30.3 Å². The monoisotopic (exact) mass is 257 g/mol. The first-order valence-corrected chi connectivity index (χ1v) is 4.71. The zero-order chi connectivity index (χ0) is 9.15. The summed E-state index contributed by atoms with van der Waals surface area (Å²) in [5.74, 6) is 0. The number of hydrogen-bond acceptors (Lipinski definition) is 2. The van der Waals surface area contributed by atoms with Gasteiger partial charge in [-0.1, -0.05) is 30.3 Å². The molecule has 1 N–H and O–H groups in total. The average molecular weight is 258 g/mol. The SMILES string of the molecule is Br.CC1(c2ccccc2)CNCCO1. The van der Waals surface area contributed by atoms with Gasteiger partial charge in [-0.25, -0.2) is 0 Å². The molecule has 0 spiro atoms. The summed E-state index contributed by atoms with van der Waals surface area (Å²) in [6.07, 6.45) is 0. The molecule has 0 bridgehead atoms. The Balaban J connectivity index is 0.000000980. The minimum Gasteiger partial charge on any atom is -0.368 e. The summed E-state index contributed by atoms with van der Waals surface area (Å²) in [5, 5.41) is 3.35. The van der Waals surface area contributed by atoms with Gasteiger partial charge in [0.15, 0.2) is 0 Å². The molecule has 0 aromatic heterocycles. The molecule has 1 fully saturated rings. The highest BCUT2D eigenvalue weighted by atomic mass is 79.9. The summed E-state index contributed by atoms with van der Waals surface area (Å²) >= 11 is 0. The molecule has 0 saturated carbocycles. The van der Waals surface area contributed by atoms with Crippen molar-refractivity contribution in [2.24, 2.45) is 0 Å². The molecular formula is C11H16BrNO. The van der Waals surface area contributed by atoms with Crippen molar-refractivity contribution < 1.29 is 4.74 Å².